The molecule has 0 aliphatic heterocycles. The summed E-state index contributed by atoms with van der Waals surface area (Å²) >= 11 is 1.85. The summed E-state index contributed by atoms with van der Waals surface area (Å²) in [6.45, 7) is 8.55. The minimum Gasteiger partial charge on any atom is -0.263 e. The molecule has 0 bridgehead atoms. The second kappa shape index (κ2) is 11.4. The van der Waals surface area contributed by atoms with Gasteiger partial charge in [0, 0.05) is 34.7 Å². The van der Waals surface area contributed by atoms with E-state index in [-0.39, 0.29) is 12.3 Å². The Bertz CT molecular complexity index is 1720. The molecule has 1 aliphatic rings. The molecule has 2 heterocycles. The van der Waals surface area contributed by atoms with Gasteiger partial charge in [0.2, 0.25) is 0 Å². The van der Waals surface area contributed by atoms with Crippen molar-refractivity contribution in [2.45, 2.75) is 39.5 Å². The van der Waals surface area contributed by atoms with Crippen LogP contribution in [0.15, 0.2) is 96.1 Å². The Morgan fingerprint density at radius 1 is 1.02 bits per heavy atom. The summed E-state index contributed by atoms with van der Waals surface area (Å²) in [4.78, 5) is 10.3. The third kappa shape index (κ3) is 5.09. The predicted octanol–water partition coefficient (Wildman–Crippen LogP) is 10.0. The molecule has 0 saturated heterocycles. The number of nitrogens with zero attached hydrogens (tertiary/aromatic N) is 3. The molecule has 6 heteroatoms. The molecule has 1 aliphatic carbocycles. The fourth-order valence-corrected chi connectivity index (χ4v) is 6.75. The summed E-state index contributed by atoms with van der Waals surface area (Å²) in [5.74, 6) is 0. The molecule has 2 aromatic heterocycles. The van der Waals surface area contributed by atoms with Gasteiger partial charge in [-0.3, -0.25) is 3.97 Å². The lowest BCUT2D eigenvalue weighted by Gasteiger charge is -2.15. The maximum absolute atomic E-state index is 14.2. The Morgan fingerprint density at radius 3 is 2.38 bits per heavy atom. The topological polar surface area (TPSA) is 30.2 Å². The molecule has 0 spiro atoms. The second-order valence-electron chi connectivity index (χ2n) is 10.2. The van der Waals surface area contributed by atoms with Crippen molar-refractivity contribution < 1.29 is 3.89 Å². The normalized spacial score (nSPS) is 12.7. The van der Waals surface area contributed by atoms with Gasteiger partial charge in [-0.15, -0.1) is 3.89 Å². The van der Waals surface area contributed by atoms with Crippen LogP contribution < -0.4 is 0 Å². The van der Waals surface area contributed by atoms with Crippen molar-refractivity contribution in [2.24, 2.45) is 4.99 Å². The van der Waals surface area contributed by atoms with Crippen LogP contribution >= 0.6 is 23.7 Å². The summed E-state index contributed by atoms with van der Waals surface area (Å²) in [5.41, 5.74) is 10.5. The SMILES string of the molecule is C=C(CC)c1nc(Cc2cn(SF)c3c4c(ccc23)CCC(C)=C4)sc1N=C(c1ccccc1)c1ccccc1. The van der Waals surface area contributed by atoms with Crippen LogP contribution in [0.5, 0.6) is 0 Å². The van der Waals surface area contributed by atoms with Crippen LogP contribution in [-0.4, -0.2) is 14.7 Å². The van der Waals surface area contributed by atoms with E-state index in [0.717, 1.165) is 79.4 Å². The van der Waals surface area contributed by atoms with Crippen LogP contribution in [0.2, 0.25) is 0 Å². The molecule has 0 amide bonds. The minimum absolute atomic E-state index is 0.259. The fourth-order valence-electron chi connectivity index (χ4n) is 5.30. The molecular weight excluding hydrogens is 534 g/mol. The summed E-state index contributed by atoms with van der Waals surface area (Å²) in [6, 6.07) is 24.9. The molecule has 0 N–H and O–H groups in total. The first-order valence-electron chi connectivity index (χ1n) is 13.5. The average molecular weight is 564 g/mol. The van der Waals surface area contributed by atoms with Gasteiger partial charge in [0.25, 0.3) is 0 Å². The molecule has 200 valence electrons. The quantitative estimate of drug-likeness (QED) is 0.176. The largest absolute Gasteiger partial charge is 0.263 e. The average Bonchev–Trinajstić information content (AvgIpc) is 3.57. The second-order valence-corrected chi connectivity index (χ2v) is 11.8. The van der Waals surface area contributed by atoms with Gasteiger partial charge in [0.05, 0.1) is 16.2 Å². The highest BCUT2D eigenvalue weighted by Gasteiger charge is 2.21. The standard InChI is InChI=1S/C34H30FN3S2/c1-4-23(3)31-34(37-32(25-11-7-5-8-12-25)26-13-9-6-10-14-26)39-30(36-31)20-27-21-38(40-35)33-28(27)18-17-24-16-15-22(2)19-29(24)33/h5-14,17-19,21H,3-4,15-16,20H2,1-2H3. The minimum atomic E-state index is 0.259. The number of aryl methyl sites for hydroxylation is 1. The number of benzene rings is 3. The Morgan fingerprint density at radius 2 is 1.73 bits per heavy atom. The molecule has 6 rings (SSSR count). The van der Waals surface area contributed by atoms with E-state index in [1.165, 1.54) is 11.1 Å². The molecule has 3 aromatic carbocycles. The van der Waals surface area contributed by atoms with Gasteiger partial charge in [0.1, 0.15) is 10.7 Å². The third-order valence-electron chi connectivity index (χ3n) is 7.47. The maximum Gasteiger partial charge on any atom is 0.169 e. The number of aliphatic imine (C=N–C) groups is 1. The number of fused-ring (bicyclic) bond motifs is 3. The van der Waals surface area contributed by atoms with Gasteiger partial charge in [-0.1, -0.05) is 109 Å². The van der Waals surface area contributed by atoms with Crippen LogP contribution in [0.3, 0.4) is 0 Å². The molecule has 0 saturated carbocycles. The highest BCUT2D eigenvalue weighted by molar-refractivity contribution is 7.92. The van der Waals surface area contributed by atoms with E-state index in [1.54, 1.807) is 15.3 Å². The van der Waals surface area contributed by atoms with Crippen LogP contribution in [0.1, 0.15) is 65.2 Å². The van der Waals surface area contributed by atoms with Gasteiger partial charge >= 0.3 is 0 Å². The Balaban J connectivity index is 1.46. The number of hydrogen-bond donors (Lipinski definition) is 0. The first-order chi connectivity index (χ1) is 19.6. The first-order valence-corrected chi connectivity index (χ1v) is 15.0. The molecule has 0 radical (unpaired) electrons. The summed E-state index contributed by atoms with van der Waals surface area (Å²) in [5, 5.41) is 2.86. The number of thiazole rings is 1. The molecule has 0 unspecified atom stereocenters. The van der Waals surface area contributed by atoms with E-state index in [1.807, 2.05) is 42.6 Å². The van der Waals surface area contributed by atoms with E-state index in [0.29, 0.717) is 6.42 Å². The Labute approximate surface area is 243 Å². The van der Waals surface area contributed by atoms with Crippen LogP contribution in [-0.2, 0) is 12.8 Å². The molecule has 0 fully saturated rings. The number of allylic oxidation sites excluding steroid dienone is 2. The van der Waals surface area contributed by atoms with Gasteiger partial charge < -0.3 is 0 Å². The lowest BCUT2D eigenvalue weighted by Crippen LogP contribution is -2.02. The van der Waals surface area contributed by atoms with Crippen LogP contribution in [0.25, 0.3) is 22.6 Å². The number of halogens is 1. The van der Waals surface area contributed by atoms with Crippen molar-refractivity contribution in [2.75, 3.05) is 0 Å². The van der Waals surface area contributed by atoms with E-state index in [9.17, 15) is 3.89 Å². The molecule has 0 atom stereocenters. The Hall–Kier alpha value is -3.74. The van der Waals surface area contributed by atoms with Crippen molar-refractivity contribution >= 4 is 56.9 Å². The van der Waals surface area contributed by atoms with Gasteiger partial charge in [0.15, 0.2) is 12.3 Å². The van der Waals surface area contributed by atoms with Crippen molar-refractivity contribution in [1.29, 1.82) is 0 Å². The zero-order valence-corrected chi connectivity index (χ0v) is 24.3. The fraction of sp³-hybridized carbons (Fsp3) is 0.176. The summed E-state index contributed by atoms with van der Waals surface area (Å²) < 4.78 is 15.8. The molecule has 40 heavy (non-hydrogen) atoms. The van der Waals surface area contributed by atoms with E-state index < -0.39 is 0 Å². The smallest absolute Gasteiger partial charge is 0.169 e. The highest BCUT2D eigenvalue weighted by atomic mass is 32.2. The molecule has 5 aromatic rings. The van der Waals surface area contributed by atoms with Gasteiger partial charge in [-0.2, -0.15) is 0 Å². The van der Waals surface area contributed by atoms with Crippen molar-refractivity contribution in [3.63, 3.8) is 0 Å². The van der Waals surface area contributed by atoms with Gasteiger partial charge in [-0.25, -0.2) is 9.98 Å². The lowest BCUT2D eigenvalue weighted by molar-refractivity contribution is 0.916. The highest BCUT2D eigenvalue weighted by Crippen LogP contribution is 2.39. The van der Waals surface area contributed by atoms with Crippen LogP contribution in [0.4, 0.5) is 8.89 Å². The van der Waals surface area contributed by atoms with E-state index >= 15 is 0 Å². The monoisotopic (exact) mass is 563 g/mol. The predicted molar refractivity (Wildman–Crippen MR) is 170 cm³/mol. The zero-order chi connectivity index (χ0) is 27.6. The van der Waals surface area contributed by atoms with Crippen molar-refractivity contribution in [3.8, 4) is 0 Å². The van der Waals surface area contributed by atoms with Gasteiger partial charge in [-0.05, 0) is 42.9 Å². The van der Waals surface area contributed by atoms with E-state index in [4.69, 9.17) is 9.98 Å². The zero-order valence-electron chi connectivity index (χ0n) is 22.7. The van der Waals surface area contributed by atoms with Crippen molar-refractivity contribution in [1.82, 2.24) is 8.96 Å². The van der Waals surface area contributed by atoms with Crippen LogP contribution in [0, 0.1) is 0 Å². The third-order valence-corrected chi connectivity index (χ3v) is 8.85. The number of aromatic nitrogens is 2. The lowest BCUT2D eigenvalue weighted by atomic mass is 9.91. The molecule has 3 nitrogen and oxygen atoms in total. The summed E-state index contributed by atoms with van der Waals surface area (Å²) in [6.07, 6.45) is 7.56. The maximum atomic E-state index is 14.2. The molecular formula is C34H30FN3S2. The Kier molecular flexibility index (Phi) is 7.55. The number of hydrogen-bond acceptors (Lipinski definition) is 4. The first kappa shape index (κ1) is 26.5. The van der Waals surface area contributed by atoms with Crippen molar-refractivity contribution in [3.05, 3.63) is 130 Å². The van der Waals surface area contributed by atoms with E-state index in [2.05, 4.69) is 62.9 Å². The number of rotatable bonds is 8. The summed E-state index contributed by atoms with van der Waals surface area (Å²) in [7, 11) is 0.